The number of pyridine rings is 1. The Morgan fingerprint density at radius 1 is 1.10 bits per heavy atom. The van der Waals surface area contributed by atoms with Crippen LogP contribution in [0.15, 0.2) is 48.9 Å². The number of fused-ring (bicyclic) bond motifs is 1. The van der Waals surface area contributed by atoms with E-state index >= 15 is 0 Å². The van der Waals surface area contributed by atoms with E-state index in [4.69, 9.17) is 0 Å². The van der Waals surface area contributed by atoms with Gasteiger partial charge in [-0.3, -0.25) is 9.88 Å². The molecule has 4 nitrogen and oxygen atoms in total. The Labute approximate surface area is 118 Å². The van der Waals surface area contributed by atoms with Crippen molar-refractivity contribution >= 4 is 10.9 Å². The van der Waals surface area contributed by atoms with Crippen LogP contribution in [0.25, 0.3) is 22.0 Å². The average molecular weight is 266 g/mol. The topological polar surface area (TPSA) is 34.0 Å². The average Bonchev–Trinajstić information content (AvgIpc) is 2.90. The van der Waals surface area contributed by atoms with Gasteiger partial charge in [-0.15, -0.1) is 0 Å². The summed E-state index contributed by atoms with van der Waals surface area (Å²) in [5.41, 5.74) is 3.44. The Morgan fingerprint density at radius 3 is 2.65 bits per heavy atom. The van der Waals surface area contributed by atoms with Crippen molar-refractivity contribution in [3.63, 3.8) is 0 Å². The van der Waals surface area contributed by atoms with Gasteiger partial charge in [0.1, 0.15) is 6.17 Å². The van der Waals surface area contributed by atoms with E-state index in [1.54, 1.807) is 6.20 Å². The lowest BCUT2D eigenvalue weighted by Crippen LogP contribution is -2.23. The van der Waals surface area contributed by atoms with Gasteiger partial charge >= 0.3 is 0 Å². The van der Waals surface area contributed by atoms with Crippen LogP contribution in [0.3, 0.4) is 0 Å². The minimum Gasteiger partial charge on any atom is -0.288 e. The van der Waals surface area contributed by atoms with Crippen molar-refractivity contribution in [3.8, 4) is 11.1 Å². The minimum atomic E-state index is 0.219. The van der Waals surface area contributed by atoms with Crippen molar-refractivity contribution < 1.29 is 0 Å². The summed E-state index contributed by atoms with van der Waals surface area (Å²) in [6.45, 7) is 2.14. The molecule has 4 heteroatoms. The smallest absolute Gasteiger partial charge is 0.101 e. The third-order valence-electron chi connectivity index (χ3n) is 3.69. The molecule has 20 heavy (non-hydrogen) atoms. The molecular formula is C16H18N4. The molecular weight excluding hydrogens is 248 g/mol. The standard InChI is InChI=1S/C16H18N4/c1-12(19(2)3)20-16-9-13(6-7-15(16)11-18-20)14-5-4-8-17-10-14/h4-12H,1-3H3. The van der Waals surface area contributed by atoms with Gasteiger partial charge in [0.25, 0.3) is 0 Å². The molecule has 0 radical (unpaired) electrons. The third kappa shape index (κ3) is 2.18. The van der Waals surface area contributed by atoms with Crippen molar-refractivity contribution in [2.24, 2.45) is 0 Å². The predicted molar refractivity (Wildman–Crippen MR) is 81.4 cm³/mol. The zero-order valence-electron chi connectivity index (χ0n) is 12.0. The van der Waals surface area contributed by atoms with Gasteiger partial charge in [-0.25, -0.2) is 4.68 Å². The highest BCUT2D eigenvalue weighted by Crippen LogP contribution is 2.25. The van der Waals surface area contributed by atoms with E-state index in [2.05, 4.69) is 64.9 Å². The number of benzene rings is 1. The maximum absolute atomic E-state index is 4.51. The van der Waals surface area contributed by atoms with Crippen LogP contribution < -0.4 is 0 Å². The summed E-state index contributed by atoms with van der Waals surface area (Å²) in [6, 6.07) is 10.4. The zero-order valence-corrected chi connectivity index (χ0v) is 12.0. The van der Waals surface area contributed by atoms with Crippen molar-refractivity contribution in [2.45, 2.75) is 13.1 Å². The lowest BCUT2D eigenvalue weighted by Gasteiger charge is -2.21. The Kier molecular flexibility index (Phi) is 3.24. The summed E-state index contributed by atoms with van der Waals surface area (Å²) in [4.78, 5) is 6.33. The quantitative estimate of drug-likeness (QED) is 0.730. The lowest BCUT2D eigenvalue weighted by atomic mass is 10.1. The number of rotatable bonds is 3. The molecule has 1 aromatic carbocycles. The number of hydrogen-bond donors (Lipinski definition) is 0. The van der Waals surface area contributed by atoms with Gasteiger partial charge in [0.15, 0.2) is 0 Å². The molecule has 0 N–H and O–H groups in total. The minimum absolute atomic E-state index is 0.219. The summed E-state index contributed by atoms with van der Waals surface area (Å²) in [5.74, 6) is 0. The molecule has 0 saturated carbocycles. The summed E-state index contributed by atoms with van der Waals surface area (Å²) in [6.07, 6.45) is 5.82. The van der Waals surface area contributed by atoms with Crippen LogP contribution in [0, 0.1) is 0 Å². The maximum Gasteiger partial charge on any atom is 0.101 e. The third-order valence-corrected chi connectivity index (χ3v) is 3.69. The number of nitrogens with zero attached hydrogens (tertiary/aromatic N) is 4. The number of aromatic nitrogens is 3. The van der Waals surface area contributed by atoms with Crippen LogP contribution in [-0.4, -0.2) is 33.8 Å². The molecule has 1 unspecified atom stereocenters. The Bertz CT molecular complexity index is 716. The summed E-state index contributed by atoms with van der Waals surface area (Å²) in [7, 11) is 4.12. The van der Waals surface area contributed by atoms with Crippen molar-refractivity contribution in [2.75, 3.05) is 14.1 Å². The molecule has 0 amide bonds. The van der Waals surface area contributed by atoms with E-state index < -0.39 is 0 Å². The van der Waals surface area contributed by atoms with E-state index in [0.717, 1.165) is 16.5 Å². The predicted octanol–water partition coefficient (Wildman–Crippen LogP) is 3.18. The maximum atomic E-state index is 4.51. The molecule has 3 aromatic rings. The van der Waals surface area contributed by atoms with Gasteiger partial charge in [-0.05, 0) is 38.7 Å². The molecule has 0 fully saturated rings. The second kappa shape index (κ2) is 5.06. The molecule has 1 atom stereocenters. The van der Waals surface area contributed by atoms with Crippen LogP contribution in [0.2, 0.25) is 0 Å². The fourth-order valence-electron chi connectivity index (χ4n) is 2.27. The highest BCUT2D eigenvalue weighted by Gasteiger charge is 2.12. The first-order chi connectivity index (χ1) is 9.66. The monoisotopic (exact) mass is 266 g/mol. The number of hydrogen-bond acceptors (Lipinski definition) is 3. The fraction of sp³-hybridized carbons (Fsp3) is 0.250. The van der Waals surface area contributed by atoms with Crippen molar-refractivity contribution in [3.05, 3.63) is 48.9 Å². The van der Waals surface area contributed by atoms with Crippen LogP contribution in [-0.2, 0) is 0 Å². The zero-order chi connectivity index (χ0) is 14.1. The molecule has 0 bridgehead atoms. The normalized spacial score (nSPS) is 13.0. The van der Waals surface area contributed by atoms with Gasteiger partial charge in [-0.1, -0.05) is 18.2 Å². The van der Waals surface area contributed by atoms with E-state index in [9.17, 15) is 0 Å². The largest absolute Gasteiger partial charge is 0.288 e. The fourth-order valence-corrected chi connectivity index (χ4v) is 2.27. The molecule has 0 aliphatic heterocycles. The molecule has 0 aliphatic carbocycles. The first kappa shape index (κ1) is 12.8. The SMILES string of the molecule is CC(N(C)C)n1ncc2ccc(-c3cccnc3)cc21. The molecule has 0 spiro atoms. The first-order valence-corrected chi connectivity index (χ1v) is 6.71. The second-order valence-electron chi connectivity index (χ2n) is 5.20. The van der Waals surface area contributed by atoms with E-state index in [1.807, 2.05) is 18.5 Å². The molecule has 2 heterocycles. The van der Waals surface area contributed by atoms with Crippen LogP contribution in [0.5, 0.6) is 0 Å². The Balaban J connectivity index is 2.12. The Morgan fingerprint density at radius 2 is 1.95 bits per heavy atom. The van der Waals surface area contributed by atoms with E-state index in [-0.39, 0.29) is 6.17 Å². The molecule has 0 saturated heterocycles. The first-order valence-electron chi connectivity index (χ1n) is 6.71. The molecule has 0 aliphatic rings. The van der Waals surface area contributed by atoms with Gasteiger partial charge in [0.2, 0.25) is 0 Å². The lowest BCUT2D eigenvalue weighted by molar-refractivity contribution is 0.226. The van der Waals surface area contributed by atoms with Gasteiger partial charge < -0.3 is 0 Å². The summed E-state index contributed by atoms with van der Waals surface area (Å²) >= 11 is 0. The highest BCUT2D eigenvalue weighted by molar-refractivity contribution is 5.84. The van der Waals surface area contributed by atoms with Gasteiger partial charge in [0.05, 0.1) is 11.7 Å². The van der Waals surface area contributed by atoms with E-state index in [0.29, 0.717) is 0 Å². The summed E-state index contributed by atoms with van der Waals surface area (Å²) in [5, 5.41) is 5.67. The van der Waals surface area contributed by atoms with Crippen molar-refractivity contribution in [1.82, 2.24) is 19.7 Å². The second-order valence-corrected chi connectivity index (χ2v) is 5.20. The molecule has 102 valence electrons. The van der Waals surface area contributed by atoms with Gasteiger partial charge in [-0.2, -0.15) is 5.10 Å². The van der Waals surface area contributed by atoms with Gasteiger partial charge in [0, 0.05) is 23.3 Å². The molecule has 3 rings (SSSR count). The van der Waals surface area contributed by atoms with Crippen LogP contribution in [0.4, 0.5) is 0 Å². The van der Waals surface area contributed by atoms with Crippen molar-refractivity contribution in [1.29, 1.82) is 0 Å². The Hall–Kier alpha value is -2.20. The molecule has 2 aromatic heterocycles. The highest BCUT2D eigenvalue weighted by atomic mass is 15.4. The van der Waals surface area contributed by atoms with Crippen LogP contribution in [0.1, 0.15) is 13.1 Å². The summed E-state index contributed by atoms with van der Waals surface area (Å²) < 4.78 is 2.05. The van der Waals surface area contributed by atoms with E-state index in [1.165, 1.54) is 5.56 Å². The van der Waals surface area contributed by atoms with Crippen LogP contribution >= 0.6 is 0 Å².